The lowest BCUT2D eigenvalue weighted by Gasteiger charge is -2.22. The van der Waals surface area contributed by atoms with Crippen LogP contribution in [0.25, 0.3) is 10.4 Å². The van der Waals surface area contributed by atoms with Crippen LogP contribution in [0, 0.1) is 12.3 Å². The number of aryl methyl sites for hydroxylation is 1. The molecule has 3 amide bonds. The molecule has 1 aromatic carbocycles. The summed E-state index contributed by atoms with van der Waals surface area (Å²) in [5.74, 6) is -1.03. The Balaban J connectivity index is 0.000000302. The number of aliphatic hydroxyl groups is 1. The van der Waals surface area contributed by atoms with Crippen LogP contribution < -0.4 is 11.1 Å². The molecule has 216 valence electrons. The normalized spacial score (nSPS) is 14.4. The number of carbonyl (C=O) groups is 4. The van der Waals surface area contributed by atoms with Crippen molar-refractivity contribution < 1.29 is 29.4 Å². The van der Waals surface area contributed by atoms with E-state index < -0.39 is 5.97 Å². The van der Waals surface area contributed by atoms with Crippen LogP contribution in [0.5, 0.6) is 0 Å². The monoisotopic (exact) mass is 562 g/mol. The van der Waals surface area contributed by atoms with Crippen LogP contribution in [-0.2, 0) is 25.7 Å². The molecule has 0 spiro atoms. The SMILES string of the molecule is CC(C)(C)CC(=O)N1CCC(O)C1.Cc1ncsc1-c1ccc(CNC=O)cc1.NC(=O)CCCCC(=O)O. The fourth-order valence-electron chi connectivity index (χ4n) is 3.62. The van der Waals surface area contributed by atoms with Crippen molar-refractivity contribution in [2.45, 2.75) is 78.9 Å². The number of nitrogens with two attached hydrogens (primary N) is 1. The summed E-state index contributed by atoms with van der Waals surface area (Å²) < 4.78 is 0. The highest BCUT2D eigenvalue weighted by atomic mass is 32.1. The first-order valence-electron chi connectivity index (χ1n) is 12.9. The fourth-order valence-corrected chi connectivity index (χ4v) is 4.43. The second kappa shape index (κ2) is 17.3. The van der Waals surface area contributed by atoms with Crippen LogP contribution in [0.15, 0.2) is 29.8 Å². The van der Waals surface area contributed by atoms with E-state index in [1.165, 1.54) is 10.4 Å². The van der Waals surface area contributed by atoms with Gasteiger partial charge < -0.3 is 26.2 Å². The van der Waals surface area contributed by atoms with Gasteiger partial charge in [0, 0.05) is 38.9 Å². The van der Waals surface area contributed by atoms with Crippen LogP contribution in [0.2, 0.25) is 0 Å². The van der Waals surface area contributed by atoms with Gasteiger partial charge in [-0.25, -0.2) is 4.98 Å². The number of β-amino-alcohol motifs (C(OH)–C–C–N with tert-alkyl or cyclic N) is 1. The number of thiazole rings is 1. The van der Waals surface area contributed by atoms with E-state index in [2.05, 4.69) is 43.2 Å². The molecular formula is C28H42N4O6S. The Hall–Kier alpha value is -3.31. The first kappa shape index (κ1) is 33.7. The average Bonchev–Trinajstić information content (AvgIpc) is 3.48. The minimum Gasteiger partial charge on any atom is -0.481 e. The van der Waals surface area contributed by atoms with Gasteiger partial charge in [0.1, 0.15) is 0 Å². The van der Waals surface area contributed by atoms with Crippen molar-refractivity contribution in [2.24, 2.45) is 11.1 Å². The molecule has 5 N–H and O–H groups in total. The Morgan fingerprint density at radius 2 is 1.82 bits per heavy atom. The maximum atomic E-state index is 11.6. The molecule has 0 aliphatic carbocycles. The Bertz CT molecular complexity index is 1030. The average molecular weight is 563 g/mol. The van der Waals surface area contributed by atoms with E-state index in [0.717, 1.165) is 24.2 Å². The van der Waals surface area contributed by atoms with Crippen LogP contribution in [0.4, 0.5) is 0 Å². The van der Waals surface area contributed by atoms with Crippen molar-refractivity contribution in [1.29, 1.82) is 0 Å². The van der Waals surface area contributed by atoms with E-state index in [1.54, 1.807) is 16.2 Å². The molecule has 10 nitrogen and oxygen atoms in total. The number of aliphatic carboxylic acids is 1. The molecule has 1 aliphatic heterocycles. The number of amides is 3. The molecule has 2 heterocycles. The van der Waals surface area contributed by atoms with Crippen LogP contribution in [0.3, 0.4) is 0 Å². The molecule has 1 atom stereocenters. The first-order valence-corrected chi connectivity index (χ1v) is 13.8. The second-order valence-electron chi connectivity index (χ2n) is 10.5. The zero-order valence-corrected chi connectivity index (χ0v) is 24.1. The Labute approximate surface area is 234 Å². The van der Waals surface area contributed by atoms with Gasteiger partial charge in [-0.1, -0.05) is 45.0 Å². The van der Waals surface area contributed by atoms with E-state index >= 15 is 0 Å². The Kier molecular flexibility index (Phi) is 15.0. The van der Waals surface area contributed by atoms with Crippen molar-refractivity contribution in [1.82, 2.24) is 15.2 Å². The number of benzene rings is 1. The second-order valence-corrected chi connectivity index (χ2v) is 11.4. The van der Waals surface area contributed by atoms with E-state index in [-0.39, 0.29) is 36.2 Å². The van der Waals surface area contributed by atoms with Gasteiger partial charge >= 0.3 is 5.97 Å². The summed E-state index contributed by atoms with van der Waals surface area (Å²) in [7, 11) is 0. The van der Waals surface area contributed by atoms with Gasteiger partial charge in [-0.3, -0.25) is 19.2 Å². The maximum Gasteiger partial charge on any atom is 0.303 e. The predicted octanol–water partition coefficient (Wildman–Crippen LogP) is 3.50. The number of carboxylic acid groups (broad SMARTS) is 1. The summed E-state index contributed by atoms with van der Waals surface area (Å²) in [5.41, 5.74) is 10.1. The Morgan fingerprint density at radius 1 is 1.18 bits per heavy atom. The number of nitrogens with zero attached hydrogens (tertiary/aromatic N) is 2. The predicted molar refractivity (Wildman–Crippen MR) is 152 cm³/mol. The lowest BCUT2D eigenvalue weighted by molar-refractivity contribution is -0.137. The van der Waals surface area contributed by atoms with Crippen molar-refractivity contribution >= 4 is 35.5 Å². The Morgan fingerprint density at radius 3 is 2.28 bits per heavy atom. The van der Waals surface area contributed by atoms with Crippen LogP contribution in [-0.4, -0.2) is 63.5 Å². The number of unbranched alkanes of at least 4 members (excludes halogenated alkanes) is 1. The summed E-state index contributed by atoms with van der Waals surface area (Å²) in [4.78, 5) is 49.0. The topological polar surface area (TPSA) is 163 Å². The highest BCUT2D eigenvalue weighted by molar-refractivity contribution is 7.13. The molecule has 1 aromatic heterocycles. The van der Waals surface area contributed by atoms with E-state index in [9.17, 15) is 24.3 Å². The number of primary amides is 1. The third kappa shape index (κ3) is 15.0. The molecular weight excluding hydrogens is 520 g/mol. The number of rotatable bonds is 10. The zero-order valence-electron chi connectivity index (χ0n) is 23.3. The molecule has 1 saturated heterocycles. The van der Waals surface area contributed by atoms with Gasteiger partial charge in [-0.05, 0) is 42.7 Å². The van der Waals surface area contributed by atoms with Gasteiger partial charge in [0.05, 0.1) is 22.2 Å². The molecule has 0 saturated carbocycles. The number of aliphatic hydroxyl groups excluding tert-OH is 1. The number of hydrogen-bond acceptors (Lipinski definition) is 7. The molecule has 0 bridgehead atoms. The summed E-state index contributed by atoms with van der Waals surface area (Å²) in [6.45, 7) is 9.98. The smallest absolute Gasteiger partial charge is 0.303 e. The van der Waals surface area contributed by atoms with Crippen molar-refractivity contribution in [3.8, 4) is 10.4 Å². The van der Waals surface area contributed by atoms with Crippen LogP contribution >= 0.6 is 11.3 Å². The number of likely N-dealkylation sites (tertiary alicyclic amines) is 1. The molecule has 2 aromatic rings. The minimum absolute atomic E-state index is 0.0463. The lowest BCUT2D eigenvalue weighted by Crippen LogP contribution is -2.32. The van der Waals surface area contributed by atoms with Crippen LogP contribution in [0.1, 0.15) is 70.6 Å². The summed E-state index contributed by atoms with van der Waals surface area (Å²) >= 11 is 1.64. The number of nitrogens with one attached hydrogen (secondary N) is 1. The molecule has 0 radical (unpaired) electrons. The quantitative estimate of drug-likeness (QED) is 0.254. The zero-order chi connectivity index (χ0) is 29.4. The standard InChI is InChI=1S/C12H12N2OS.C10H19NO2.C6H11NO3/c1-9-12(16-8-14-9)11-4-2-10(3-5-11)6-13-7-15;1-10(2,3)6-9(13)11-5-4-8(12)7-11;7-5(8)3-1-2-4-6(9)10/h2-5,7-8H,6H2,1H3,(H,13,15);8,12H,4-7H2,1-3H3;1-4H2,(H2,7,8)(H,9,10). The largest absolute Gasteiger partial charge is 0.481 e. The highest BCUT2D eigenvalue weighted by Crippen LogP contribution is 2.27. The van der Waals surface area contributed by atoms with Gasteiger partial charge in [0.2, 0.25) is 18.2 Å². The summed E-state index contributed by atoms with van der Waals surface area (Å²) in [6, 6.07) is 8.15. The van der Waals surface area contributed by atoms with Crippen molar-refractivity contribution in [2.75, 3.05) is 13.1 Å². The molecule has 1 aliphatic rings. The molecule has 11 heteroatoms. The third-order valence-electron chi connectivity index (χ3n) is 5.61. The molecule has 1 unspecified atom stereocenters. The van der Waals surface area contributed by atoms with Gasteiger partial charge in [0.15, 0.2) is 0 Å². The van der Waals surface area contributed by atoms with E-state index in [4.69, 9.17) is 10.8 Å². The number of carbonyl (C=O) groups excluding carboxylic acids is 3. The minimum atomic E-state index is -0.829. The molecule has 39 heavy (non-hydrogen) atoms. The van der Waals surface area contributed by atoms with Crippen molar-refractivity contribution in [3.63, 3.8) is 0 Å². The van der Waals surface area contributed by atoms with E-state index in [0.29, 0.717) is 38.8 Å². The number of carboxylic acids is 1. The molecule has 3 rings (SSSR count). The first-order chi connectivity index (χ1) is 18.3. The maximum absolute atomic E-state index is 11.6. The van der Waals surface area contributed by atoms with E-state index in [1.807, 2.05) is 24.6 Å². The summed E-state index contributed by atoms with van der Waals surface area (Å²) in [5, 5.41) is 20.1. The van der Waals surface area contributed by atoms with Crippen molar-refractivity contribution in [3.05, 3.63) is 41.0 Å². The van der Waals surface area contributed by atoms with Gasteiger partial charge in [0.25, 0.3) is 0 Å². The third-order valence-corrected chi connectivity index (χ3v) is 6.59. The highest BCUT2D eigenvalue weighted by Gasteiger charge is 2.27. The van der Waals surface area contributed by atoms with Gasteiger partial charge in [-0.2, -0.15) is 0 Å². The molecule has 1 fully saturated rings. The fraction of sp³-hybridized carbons (Fsp3) is 0.536. The lowest BCUT2D eigenvalue weighted by atomic mass is 9.92. The summed E-state index contributed by atoms with van der Waals surface area (Å²) in [6.07, 6.45) is 3.21. The van der Waals surface area contributed by atoms with Gasteiger partial charge in [-0.15, -0.1) is 11.3 Å². The number of hydrogen-bond donors (Lipinski definition) is 4. The number of aromatic nitrogens is 1.